The largest absolute Gasteiger partial charge is 0.368 e. The molecule has 1 saturated heterocycles. The van der Waals surface area contributed by atoms with Crippen molar-refractivity contribution in [3.05, 3.63) is 17.8 Å². The molecule has 0 aromatic carbocycles. The molecule has 1 aromatic rings. The van der Waals surface area contributed by atoms with Crippen LogP contribution in [0.1, 0.15) is 19.0 Å². The number of hydrogen-bond donors (Lipinski definition) is 2. The Hall–Kier alpha value is -1.16. The van der Waals surface area contributed by atoms with E-state index in [1.807, 2.05) is 12.1 Å². The van der Waals surface area contributed by atoms with Crippen LogP contribution in [0.25, 0.3) is 0 Å². The van der Waals surface area contributed by atoms with Crippen molar-refractivity contribution in [2.45, 2.75) is 19.8 Å². The van der Waals surface area contributed by atoms with Crippen LogP contribution in [0.5, 0.6) is 0 Å². The third-order valence-electron chi connectivity index (χ3n) is 2.82. The predicted octanol–water partition coefficient (Wildman–Crippen LogP) is 1.06. The summed E-state index contributed by atoms with van der Waals surface area (Å²) in [6, 6.07) is 4.04. The van der Waals surface area contributed by atoms with Gasteiger partial charge >= 0.3 is 0 Å². The van der Waals surface area contributed by atoms with E-state index < -0.39 is 0 Å². The van der Waals surface area contributed by atoms with Gasteiger partial charge in [-0.2, -0.15) is 5.10 Å². The molecule has 1 aliphatic rings. The van der Waals surface area contributed by atoms with Gasteiger partial charge in [-0.3, -0.25) is 0 Å². The minimum absolute atomic E-state index is 0.734. The molecule has 2 heterocycles. The summed E-state index contributed by atoms with van der Waals surface area (Å²) < 4.78 is 0. The predicted molar refractivity (Wildman–Crippen MR) is 60.9 cm³/mol. The SMILES string of the molecule is CCc1ccc(NCC2CCNC2)nn1. The van der Waals surface area contributed by atoms with Crippen molar-refractivity contribution in [1.82, 2.24) is 15.5 Å². The van der Waals surface area contributed by atoms with Gasteiger partial charge in [-0.1, -0.05) is 6.92 Å². The summed E-state index contributed by atoms with van der Waals surface area (Å²) in [4.78, 5) is 0. The number of hydrogen-bond acceptors (Lipinski definition) is 4. The number of nitrogens with zero attached hydrogens (tertiary/aromatic N) is 2. The molecular weight excluding hydrogens is 188 g/mol. The van der Waals surface area contributed by atoms with E-state index in [1.165, 1.54) is 6.42 Å². The van der Waals surface area contributed by atoms with E-state index in [0.29, 0.717) is 0 Å². The second-order valence-electron chi connectivity index (χ2n) is 4.00. The number of anilines is 1. The molecule has 0 aliphatic carbocycles. The van der Waals surface area contributed by atoms with Crippen LogP contribution >= 0.6 is 0 Å². The molecule has 1 aliphatic heterocycles. The first-order chi connectivity index (χ1) is 7.38. The molecule has 0 spiro atoms. The molecule has 0 saturated carbocycles. The van der Waals surface area contributed by atoms with Crippen molar-refractivity contribution in [2.75, 3.05) is 25.0 Å². The minimum atomic E-state index is 0.734. The van der Waals surface area contributed by atoms with E-state index in [9.17, 15) is 0 Å². The molecule has 1 unspecified atom stereocenters. The molecule has 15 heavy (non-hydrogen) atoms. The molecule has 2 N–H and O–H groups in total. The lowest BCUT2D eigenvalue weighted by Crippen LogP contribution is -2.17. The van der Waals surface area contributed by atoms with E-state index >= 15 is 0 Å². The van der Waals surface area contributed by atoms with Crippen molar-refractivity contribution >= 4 is 5.82 Å². The smallest absolute Gasteiger partial charge is 0.148 e. The van der Waals surface area contributed by atoms with Crippen LogP contribution in [0.2, 0.25) is 0 Å². The second kappa shape index (κ2) is 5.07. The average molecular weight is 206 g/mol. The fraction of sp³-hybridized carbons (Fsp3) is 0.636. The van der Waals surface area contributed by atoms with Gasteiger partial charge in [-0.25, -0.2) is 0 Å². The molecule has 1 atom stereocenters. The highest BCUT2D eigenvalue weighted by Crippen LogP contribution is 2.09. The monoisotopic (exact) mass is 206 g/mol. The molecule has 4 nitrogen and oxygen atoms in total. The zero-order valence-electron chi connectivity index (χ0n) is 9.16. The van der Waals surface area contributed by atoms with Crippen LogP contribution in [-0.4, -0.2) is 29.8 Å². The Kier molecular flexibility index (Phi) is 3.50. The van der Waals surface area contributed by atoms with Gasteiger partial charge in [-0.15, -0.1) is 5.10 Å². The molecule has 1 aromatic heterocycles. The summed E-state index contributed by atoms with van der Waals surface area (Å²) >= 11 is 0. The molecular formula is C11H18N4. The number of nitrogens with one attached hydrogen (secondary N) is 2. The Morgan fingerprint density at radius 1 is 1.47 bits per heavy atom. The summed E-state index contributed by atoms with van der Waals surface area (Å²) in [6.45, 7) is 5.34. The summed E-state index contributed by atoms with van der Waals surface area (Å²) in [5.41, 5.74) is 1.04. The number of aryl methyl sites for hydroxylation is 1. The van der Waals surface area contributed by atoms with Crippen LogP contribution in [-0.2, 0) is 6.42 Å². The summed E-state index contributed by atoms with van der Waals surface area (Å²) in [5.74, 6) is 1.62. The number of rotatable bonds is 4. The highest BCUT2D eigenvalue weighted by molar-refractivity contribution is 5.32. The Labute approximate surface area is 90.5 Å². The van der Waals surface area contributed by atoms with Crippen molar-refractivity contribution < 1.29 is 0 Å². The lowest BCUT2D eigenvalue weighted by Gasteiger charge is -2.09. The van der Waals surface area contributed by atoms with E-state index in [-0.39, 0.29) is 0 Å². The molecule has 0 amide bonds. The van der Waals surface area contributed by atoms with Crippen LogP contribution in [0.15, 0.2) is 12.1 Å². The molecule has 2 rings (SSSR count). The summed E-state index contributed by atoms with van der Waals surface area (Å²) in [6.07, 6.45) is 2.20. The Morgan fingerprint density at radius 2 is 2.40 bits per heavy atom. The van der Waals surface area contributed by atoms with Gasteiger partial charge in [0, 0.05) is 6.54 Å². The molecule has 0 bridgehead atoms. The van der Waals surface area contributed by atoms with Crippen LogP contribution in [0.3, 0.4) is 0 Å². The van der Waals surface area contributed by atoms with Gasteiger partial charge in [0.25, 0.3) is 0 Å². The minimum Gasteiger partial charge on any atom is -0.368 e. The van der Waals surface area contributed by atoms with Crippen molar-refractivity contribution in [3.8, 4) is 0 Å². The van der Waals surface area contributed by atoms with E-state index in [2.05, 4.69) is 27.8 Å². The van der Waals surface area contributed by atoms with Gasteiger partial charge in [0.2, 0.25) is 0 Å². The summed E-state index contributed by atoms with van der Waals surface area (Å²) in [7, 11) is 0. The first-order valence-corrected chi connectivity index (χ1v) is 5.65. The topological polar surface area (TPSA) is 49.8 Å². The van der Waals surface area contributed by atoms with Gasteiger partial charge in [-0.05, 0) is 44.0 Å². The molecule has 0 radical (unpaired) electrons. The Morgan fingerprint density at radius 3 is 3.00 bits per heavy atom. The quantitative estimate of drug-likeness (QED) is 0.773. The molecule has 4 heteroatoms. The zero-order chi connectivity index (χ0) is 10.5. The van der Waals surface area contributed by atoms with Gasteiger partial charge in [0.1, 0.15) is 5.82 Å². The maximum absolute atomic E-state index is 4.13. The van der Waals surface area contributed by atoms with E-state index in [0.717, 1.165) is 43.5 Å². The fourth-order valence-corrected chi connectivity index (χ4v) is 1.78. The van der Waals surface area contributed by atoms with E-state index in [4.69, 9.17) is 0 Å². The van der Waals surface area contributed by atoms with Crippen molar-refractivity contribution in [3.63, 3.8) is 0 Å². The highest BCUT2D eigenvalue weighted by Gasteiger charge is 2.13. The maximum atomic E-state index is 4.13. The lowest BCUT2D eigenvalue weighted by molar-refractivity contribution is 0.613. The maximum Gasteiger partial charge on any atom is 0.148 e. The third-order valence-corrected chi connectivity index (χ3v) is 2.82. The fourth-order valence-electron chi connectivity index (χ4n) is 1.78. The van der Waals surface area contributed by atoms with Crippen LogP contribution < -0.4 is 10.6 Å². The summed E-state index contributed by atoms with van der Waals surface area (Å²) in [5, 5.41) is 14.9. The Balaban J connectivity index is 1.82. The highest BCUT2D eigenvalue weighted by atomic mass is 15.2. The van der Waals surface area contributed by atoms with Gasteiger partial charge in [0.05, 0.1) is 5.69 Å². The van der Waals surface area contributed by atoms with Crippen molar-refractivity contribution in [1.29, 1.82) is 0 Å². The van der Waals surface area contributed by atoms with Gasteiger partial charge < -0.3 is 10.6 Å². The molecule has 1 fully saturated rings. The second-order valence-corrected chi connectivity index (χ2v) is 4.00. The lowest BCUT2D eigenvalue weighted by atomic mass is 10.1. The van der Waals surface area contributed by atoms with Crippen LogP contribution in [0.4, 0.5) is 5.82 Å². The average Bonchev–Trinajstić information content (AvgIpc) is 2.80. The number of aromatic nitrogens is 2. The van der Waals surface area contributed by atoms with E-state index in [1.54, 1.807) is 0 Å². The zero-order valence-corrected chi connectivity index (χ0v) is 9.16. The van der Waals surface area contributed by atoms with Gasteiger partial charge in [0.15, 0.2) is 0 Å². The first kappa shape index (κ1) is 10.4. The first-order valence-electron chi connectivity index (χ1n) is 5.65. The normalized spacial score (nSPS) is 20.5. The van der Waals surface area contributed by atoms with Crippen LogP contribution in [0, 0.1) is 5.92 Å². The standard InChI is InChI=1S/C11H18N4/c1-2-10-3-4-11(15-14-10)13-8-9-5-6-12-7-9/h3-4,9,12H,2,5-8H2,1H3,(H,13,15). The Bertz CT molecular complexity index is 290. The molecule has 82 valence electrons. The van der Waals surface area contributed by atoms with Crippen molar-refractivity contribution in [2.24, 2.45) is 5.92 Å². The third kappa shape index (κ3) is 2.89.